The summed E-state index contributed by atoms with van der Waals surface area (Å²) in [5.74, 6) is 0.588. The normalized spacial score (nSPS) is 19.5. The van der Waals surface area contributed by atoms with Gasteiger partial charge in [-0.2, -0.15) is 0 Å². The second-order valence-corrected chi connectivity index (χ2v) is 6.33. The van der Waals surface area contributed by atoms with Crippen LogP contribution in [0.15, 0.2) is 24.3 Å². The largest absolute Gasteiger partial charge is 0.382 e. The van der Waals surface area contributed by atoms with Crippen LogP contribution in [0.25, 0.3) is 0 Å². The molecule has 0 aliphatic carbocycles. The average Bonchev–Trinajstić information content (AvgIpc) is 2.45. The minimum absolute atomic E-state index is 0.0203. The first kappa shape index (κ1) is 15.8. The zero-order valence-electron chi connectivity index (χ0n) is 13.4. The van der Waals surface area contributed by atoms with Gasteiger partial charge in [0, 0.05) is 24.8 Å². The standard InChI is InChI=1S/C17H27N3O/c1-13(2)19-16-9-5-4-8-15(16)17(21)18-11-14-7-6-10-20(3)12-14/h4-5,8-9,13-14,19H,6-7,10-12H2,1-3H3,(H,18,21). The number of para-hydroxylation sites is 1. The number of rotatable bonds is 5. The molecule has 4 heteroatoms. The van der Waals surface area contributed by atoms with E-state index in [1.807, 2.05) is 24.3 Å². The van der Waals surface area contributed by atoms with Gasteiger partial charge in [-0.1, -0.05) is 12.1 Å². The van der Waals surface area contributed by atoms with Gasteiger partial charge in [-0.05, 0) is 58.3 Å². The molecule has 4 nitrogen and oxygen atoms in total. The molecule has 1 unspecified atom stereocenters. The number of carbonyl (C=O) groups is 1. The molecule has 2 N–H and O–H groups in total. The molecule has 1 fully saturated rings. The van der Waals surface area contributed by atoms with Crippen LogP contribution in [0.5, 0.6) is 0 Å². The Morgan fingerprint density at radius 1 is 1.38 bits per heavy atom. The van der Waals surface area contributed by atoms with E-state index in [0.717, 1.165) is 24.3 Å². The average molecular weight is 289 g/mol. The minimum atomic E-state index is 0.0203. The summed E-state index contributed by atoms with van der Waals surface area (Å²) in [5.41, 5.74) is 1.64. The van der Waals surface area contributed by atoms with Gasteiger partial charge in [-0.3, -0.25) is 4.79 Å². The van der Waals surface area contributed by atoms with E-state index in [2.05, 4.69) is 36.4 Å². The number of likely N-dealkylation sites (tertiary alicyclic amines) is 1. The Morgan fingerprint density at radius 3 is 2.86 bits per heavy atom. The summed E-state index contributed by atoms with van der Waals surface area (Å²) in [6.07, 6.45) is 2.43. The summed E-state index contributed by atoms with van der Waals surface area (Å²) in [7, 11) is 2.15. The van der Waals surface area contributed by atoms with E-state index in [1.54, 1.807) is 0 Å². The van der Waals surface area contributed by atoms with Gasteiger partial charge in [0.1, 0.15) is 0 Å². The third kappa shape index (κ3) is 4.74. The first-order valence-electron chi connectivity index (χ1n) is 7.88. The van der Waals surface area contributed by atoms with Crippen LogP contribution in [-0.2, 0) is 0 Å². The summed E-state index contributed by atoms with van der Waals surface area (Å²) >= 11 is 0. The lowest BCUT2D eigenvalue weighted by Gasteiger charge is -2.29. The van der Waals surface area contributed by atoms with Crippen LogP contribution in [0.4, 0.5) is 5.69 Å². The highest BCUT2D eigenvalue weighted by Crippen LogP contribution is 2.17. The summed E-state index contributed by atoms with van der Waals surface area (Å²) in [6, 6.07) is 8.02. The molecule has 1 aromatic rings. The van der Waals surface area contributed by atoms with Gasteiger partial charge in [0.2, 0.25) is 0 Å². The SMILES string of the molecule is CC(C)Nc1ccccc1C(=O)NCC1CCCN(C)C1. The monoisotopic (exact) mass is 289 g/mol. The maximum Gasteiger partial charge on any atom is 0.253 e. The lowest BCUT2D eigenvalue weighted by molar-refractivity contribution is 0.0937. The highest BCUT2D eigenvalue weighted by Gasteiger charge is 2.18. The summed E-state index contributed by atoms with van der Waals surface area (Å²) < 4.78 is 0. The molecular weight excluding hydrogens is 262 g/mol. The Morgan fingerprint density at radius 2 is 2.14 bits per heavy atom. The van der Waals surface area contributed by atoms with Crippen molar-refractivity contribution >= 4 is 11.6 Å². The lowest BCUT2D eigenvalue weighted by atomic mass is 9.98. The van der Waals surface area contributed by atoms with E-state index >= 15 is 0 Å². The maximum atomic E-state index is 12.4. The van der Waals surface area contributed by atoms with Gasteiger partial charge in [0.25, 0.3) is 5.91 Å². The van der Waals surface area contributed by atoms with Crippen molar-refractivity contribution in [2.75, 3.05) is 32.0 Å². The van der Waals surface area contributed by atoms with Gasteiger partial charge >= 0.3 is 0 Å². The van der Waals surface area contributed by atoms with E-state index in [-0.39, 0.29) is 5.91 Å². The van der Waals surface area contributed by atoms with Crippen LogP contribution in [0.2, 0.25) is 0 Å². The molecule has 1 amide bonds. The zero-order valence-corrected chi connectivity index (χ0v) is 13.4. The first-order chi connectivity index (χ1) is 10.1. The van der Waals surface area contributed by atoms with Gasteiger partial charge in [-0.25, -0.2) is 0 Å². The van der Waals surface area contributed by atoms with Crippen molar-refractivity contribution in [2.45, 2.75) is 32.7 Å². The van der Waals surface area contributed by atoms with Crippen LogP contribution < -0.4 is 10.6 Å². The van der Waals surface area contributed by atoms with Crippen molar-refractivity contribution in [1.29, 1.82) is 0 Å². The Kier molecular flexibility index (Phi) is 5.62. The second-order valence-electron chi connectivity index (χ2n) is 6.33. The number of nitrogens with one attached hydrogen (secondary N) is 2. The third-order valence-electron chi connectivity index (χ3n) is 3.89. The number of carbonyl (C=O) groups excluding carboxylic acids is 1. The quantitative estimate of drug-likeness (QED) is 0.875. The molecule has 1 saturated heterocycles. The van der Waals surface area contributed by atoms with Crippen molar-refractivity contribution in [3.05, 3.63) is 29.8 Å². The molecule has 0 bridgehead atoms. The minimum Gasteiger partial charge on any atom is -0.382 e. The molecule has 0 aromatic heterocycles. The Hall–Kier alpha value is -1.55. The molecule has 0 spiro atoms. The molecule has 1 aromatic carbocycles. The van der Waals surface area contributed by atoms with E-state index in [9.17, 15) is 4.79 Å². The maximum absolute atomic E-state index is 12.4. The molecule has 21 heavy (non-hydrogen) atoms. The molecule has 1 aliphatic heterocycles. The Balaban J connectivity index is 1.94. The second kappa shape index (κ2) is 7.46. The molecule has 116 valence electrons. The molecular formula is C17H27N3O. The molecule has 0 saturated carbocycles. The van der Waals surface area contributed by atoms with Crippen molar-refractivity contribution in [3.8, 4) is 0 Å². The summed E-state index contributed by atoms with van der Waals surface area (Å²) in [4.78, 5) is 14.7. The van der Waals surface area contributed by atoms with Gasteiger partial charge in [-0.15, -0.1) is 0 Å². The van der Waals surface area contributed by atoms with Crippen LogP contribution in [0, 0.1) is 5.92 Å². The Labute approximate surface area is 127 Å². The fourth-order valence-corrected chi connectivity index (χ4v) is 2.89. The van der Waals surface area contributed by atoms with Crippen molar-refractivity contribution in [1.82, 2.24) is 10.2 Å². The highest BCUT2D eigenvalue weighted by atomic mass is 16.1. The molecule has 0 radical (unpaired) electrons. The Bertz CT molecular complexity index is 473. The van der Waals surface area contributed by atoms with Crippen LogP contribution >= 0.6 is 0 Å². The fraction of sp³-hybridized carbons (Fsp3) is 0.588. The zero-order chi connectivity index (χ0) is 15.2. The summed E-state index contributed by atoms with van der Waals surface area (Å²) in [6.45, 7) is 7.16. The van der Waals surface area contributed by atoms with E-state index < -0.39 is 0 Å². The number of piperidine rings is 1. The smallest absolute Gasteiger partial charge is 0.253 e. The van der Waals surface area contributed by atoms with Crippen LogP contribution in [0.1, 0.15) is 37.0 Å². The predicted octanol–water partition coefficient (Wildman–Crippen LogP) is 2.58. The predicted molar refractivity (Wildman–Crippen MR) is 87.8 cm³/mol. The van der Waals surface area contributed by atoms with E-state index in [0.29, 0.717) is 12.0 Å². The number of benzene rings is 1. The molecule has 1 aliphatic rings. The van der Waals surface area contributed by atoms with Crippen molar-refractivity contribution in [2.24, 2.45) is 5.92 Å². The summed E-state index contributed by atoms with van der Waals surface area (Å²) in [5, 5.41) is 6.43. The number of nitrogens with zero attached hydrogens (tertiary/aromatic N) is 1. The van der Waals surface area contributed by atoms with Gasteiger partial charge in [0.05, 0.1) is 5.56 Å². The first-order valence-corrected chi connectivity index (χ1v) is 7.88. The molecule has 1 atom stereocenters. The highest BCUT2D eigenvalue weighted by molar-refractivity contribution is 5.99. The third-order valence-corrected chi connectivity index (χ3v) is 3.89. The molecule has 1 heterocycles. The number of hydrogen-bond donors (Lipinski definition) is 2. The fourth-order valence-electron chi connectivity index (χ4n) is 2.89. The number of amides is 1. The lowest BCUT2D eigenvalue weighted by Crippen LogP contribution is -2.39. The van der Waals surface area contributed by atoms with E-state index in [4.69, 9.17) is 0 Å². The van der Waals surface area contributed by atoms with Gasteiger partial charge < -0.3 is 15.5 Å². The number of hydrogen-bond acceptors (Lipinski definition) is 3. The van der Waals surface area contributed by atoms with E-state index in [1.165, 1.54) is 19.4 Å². The number of anilines is 1. The van der Waals surface area contributed by atoms with Crippen LogP contribution in [0.3, 0.4) is 0 Å². The van der Waals surface area contributed by atoms with Crippen LogP contribution in [-0.4, -0.2) is 43.5 Å². The molecule has 2 rings (SSSR count). The van der Waals surface area contributed by atoms with Gasteiger partial charge in [0.15, 0.2) is 0 Å². The topological polar surface area (TPSA) is 44.4 Å². The van der Waals surface area contributed by atoms with Crippen molar-refractivity contribution < 1.29 is 4.79 Å². The van der Waals surface area contributed by atoms with Crippen molar-refractivity contribution in [3.63, 3.8) is 0 Å².